The summed E-state index contributed by atoms with van der Waals surface area (Å²) in [7, 11) is 0. The fourth-order valence-corrected chi connectivity index (χ4v) is 8.00. The third-order valence-electron chi connectivity index (χ3n) is 11.8. The third-order valence-corrected chi connectivity index (χ3v) is 11.8. The van der Waals surface area contributed by atoms with Crippen molar-refractivity contribution in [3.8, 4) is 0 Å². The summed E-state index contributed by atoms with van der Waals surface area (Å²) in [6, 6.07) is 0. The fraction of sp³-hybridized carbons (Fsp3) is 0.941. The van der Waals surface area contributed by atoms with Crippen LogP contribution in [0, 0.1) is 5.92 Å². The molecule has 0 aromatic carbocycles. The van der Waals surface area contributed by atoms with Gasteiger partial charge >= 0.3 is 11.9 Å². The van der Waals surface area contributed by atoms with E-state index in [9.17, 15) is 14.4 Å². The van der Waals surface area contributed by atoms with Crippen LogP contribution in [-0.4, -0.2) is 30.9 Å². The molecule has 0 aromatic rings. The molecule has 0 spiro atoms. The second-order valence-corrected chi connectivity index (χ2v) is 17.5. The fourth-order valence-electron chi connectivity index (χ4n) is 8.00. The minimum atomic E-state index is -0.580. The average molecular weight is 790 g/mol. The Balaban J connectivity index is 4.43. The van der Waals surface area contributed by atoms with Crippen molar-refractivity contribution in [2.24, 2.45) is 5.92 Å². The van der Waals surface area contributed by atoms with Gasteiger partial charge < -0.3 is 9.47 Å². The molecular formula is C51H97O5. The van der Waals surface area contributed by atoms with Gasteiger partial charge in [0.25, 0.3) is 0 Å². The summed E-state index contributed by atoms with van der Waals surface area (Å²) in [5.41, 5.74) is 0. The first-order chi connectivity index (χ1) is 27.6. The Morgan fingerprint density at radius 2 is 0.679 bits per heavy atom. The Hall–Kier alpha value is -1.39. The standard InChI is InChI=1S/C51H97O5/c1-4-7-10-13-16-19-22-25-28-31-34-37-40-43-50(53)55-47-49(45-48(46-52)42-39-36-33-30-27-24-21-18-15-12-9-6-3)56-51(54)44-41-38-35-32-29-26-23-20-17-14-11-8-5-2/h48-49H,4-45,47H2,1-3H3/t48-,49+/m0/s1. The summed E-state index contributed by atoms with van der Waals surface area (Å²) in [6.07, 6.45) is 51.9. The predicted octanol–water partition coefficient (Wildman–Crippen LogP) is 16.6. The zero-order valence-electron chi connectivity index (χ0n) is 38.1. The number of ether oxygens (including phenoxy) is 2. The van der Waals surface area contributed by atoms with Crippen molar-refractivity contribution < 1.29 is 23.9 Å². The molecular weight excluding hydrogens is 693 g/mol. The third kappa shape index (κ3) is 42.2. The lowest BCUT2D eigenvalue weighted by Crippen LogP contribution is -2.28. The van der Waals surface area contributed by atoms with Crippen LogP contribution in [0.1, 0.15) is 290 Å². The van der Waals surface area contributed by atoms with Gasteiger partial charge in [0.1, 0.15) is 12.7 Å². The quantitative estimate of drug-likeness (QED) is 0.0454. The van der Waals surface area contributed by atoms with E-state index in [-0.39, 0.29) is 24.5 Å². The van der Waals surface area contributed by atoms with E-state index in [4.69, 9.17) is 9.47 Å². The predicted molar refractivity (Wildman–Crippen MR) is 241 cm³/mol. The van der Waals surface area contributed by atoms with E-state index >= 15 is 0 Å². The number of carbonyl (C=O) groups excluding carboxylic acids is 3. The van der Waals surface area contributed by atoms with Crippen LogP contribution in [0.3, 0.4) is 0 Å². The Morgan fingerprint density at radius 1 is 0.393 bits per heavy atom. The highest BCUT2D eigenvalue weighted by molar-refractivity contribution is 5.70. The second kappa shape index (κ2) is 46.3. The Morgan fingerprint density at radius 3 is 1.00 bits per heavy atom. The van der Waals surface area contributed by atoms with Gasteiger partial charge in [0.2, 0.25) is 6.29 Å². The van der Waals surface area contributed by atoms with Crippen molar-refractivity contribution in [3.63, 3.8) is 0 Å². The summed E-state index contributed by atoms with van der Waals surface area (Å²) in [5, 5.41) is 0. The molecule has 56 heavy (non-hydrogen) atoms. The van der Waals surface area contributed by atoms with Gasteiger partial charge in [-0.25, -0.2) is 0 Å². The van der Waals surface area contributed by atoms with E-state index in [1.54, 1.807) is 0 Å². The van der Waals surface area contributed by atoms with Crippen LogP contribution in [0.5, 0.6) is 0 Å². The smallest absolute Gasteiger partial charge is 0.306 e. The molecule has 0 fully saturated rings. The minimum absolute atomic E-state index is 0.0399. The van der Waals surface area contributed by atoms with Crippen LogP contribution in [-0.2, 0) is 23.9 Å². The number of hydrogen-bond acceptors (Lipinski definition) is 5. The molecule has 331 valence electrons. The molecule has 0 unspecified atom stereocenters. The summed E-state index contributed by atoms with van der Waals surface area (Å²) in [6.45, 7) is 6.85. The number of esters is 2. The summed E-state index contributed by atoms with van der Waals surface area (Å²) >= 11 is 0. The molecule has 0 bridgehead atoms. The van der Waals surface area contributed by atoms with Crippen molar-refractivity contribution in [3.05, 3.63) is 0 Å². The highest BCUT2D eigenvalue weighted by atomic mass is 16.6. The normalized spacial score (nSPS) is 12.5. The van der Waals surface area contributed by atoms with Crippen LogP contribution in [0.25, 0.3) is 0 Å². The molecule has 5 heteroatoms. The van der Waals surface area contributed by atoms with Gasteiger partial charge in [0, 0.05) is 18.8 Å². The lowest BCUT2D eigenvalue weighted by atomic mass is 9.95. The van der Waals surface area contributed by atoms with Crippen LogP contribution >= 0.6 is 0 Å². The van der Waals surface area contributed by atoms with Crippen LogP contribution < -0.4 is 0 Å². The van der Waals surface area contributed by atoms with Gasteiger partial charge in [0.05, 0.1) is 0 Å². The van der Waals surface area contributed by atoms with E-state index in [1.807, 2.05) is 0 Å². The zero-order valence-corrected chi connectivity index (χ0v) is 38.1. The van der Waals surface area contributed by atoms with Gasteiger partial charge in [-0.1, -0.05) is 252 Å². The summed E-state index contributed by atoms with van der Waals surface area (Å²) < 4.78 is 11.5. The first kappa shape index (κ1) is 54.6. The molecule has 0 aliphatic carbocycles. The van der Waals surface area contributed by atoms with Gasteiger partial charge in [-0.05, 0) is 25.7 Å². The molecule has 1 radical (unpaired) electrons. The molecule has 2 atom stereocenters. The maximum atomic E-state index is 12.9. The van der Waals surface area contributed by atoms with E-state index in [0.29, 0.717) is 19.3 Å². The lowest BCUT2D eigenvalue weighted by Gasteiger charge is -2.21. The van der Waals surface area contributed by atoms with E-state index in [2.05, 4.69) is 27.1 Å². The van der Waals surface area contributed by atoms with E-state index in [1.165, 1.54) is 199 Å². The highest BCUT2D eigenvalue weighted by Gasteiger charge is 2.22. The lowest BCUT2D eigenvalue weighted by molar-refractivity contribution is -0.160. The van der Waals surface area contributed by atoms with Gasteiger partial charge in [-0.2, -0.15) is 0 Å². The average Bonchev–Trinajstić information content (AvgIpc) is 3.20. The first-order valence-corrected chi connectivity index (χ1v) is 25.3. The summed E-state index contributed by atoms with van der Waals surface area (Å²) in [5.74, 6) is -0.758. The first-order valence-electron chi connectivity index (χ1n) is 25.3. The molecule has 0 aliphatic heterocycles. The Bertz CT molecular complexity index is 812. The van der Waals surface area contributed by atoms with Crippen molar-refractivity contribution in [2.75, 3.05) is 6.61 Å². The van der Waals surface area contributed by atoms with Crippen LogP contribution in [0.15, 0.2) is 0 Å². The summed E-state index contributed by atoms with van der Waals surface area (Å²) in [4.78, 5) is 37.5. The van der Waals surface area contributed by atoms with Crippen molar-refractivity contribution >= 4 is 18.2 Å². The molecule has 0 heterocycles. The van der Waals surface area contributed by atoms with Crippen LogP contribution in [0.2, 0.25) is 0 Å². The van der Waals surface area contributed by atoms with Crippen molar-refractivity contribution in [1.82, 2.24) is 0 Å². The van der Waals surface area contributed by atoms with Crippen molar-refractivity contribution in [1.29, 1.82) is 0 Å². The molecule has 0 saturated carbocycles. The molecule has 0 aliphatic rings. The van der Waals surface area contributed by atoms with E-state index < -0.39 is 6.10 Å². The Kier molecular flexibility index (Phi) is 45.2. The number of carbonyl (C=O) groups is 2. The number of hydrogen-bond donors (Lipinski definition) is 0. The molecule has 0 rings (SSSR count). The largest absolute Gasteiger partial charge is 0.462 e. The zero-order chi connectivity index (χ0) is 40.8. The Labute approximate surface area is 350 Å². The molecule has 0 aromatic heterocycles. The van der Waals surface area contributed by atoms with Crippen molar-refractivity contribution in [2.45, 2.75) is 297 Å². The maximum Gasteiger partial charge on any atom is 0.306 e. The van der Waals surface area contributed by atoms with E-state index in [0.717, 1.165) is 51.4 Å². The molecule has 0 saturated heterocycles. The number of unbranched alkanes of at least 4 members (excludes halogenated alkanes) is 35. The molecule has 0 N–H and O–H groups in total. The number of rotatable bonds is 47. The maximum absolute atomic E-state index is 12.9. The van der Waals surface area contributed by atoms with Gasteiger partial charge in [-0.3, -0.25) is 14.4 Å². The molecule has 5 nitrogen and oxygen atoms in total. The van der Waals surface area contributed by atoms with Gasteiger partial charge in [-0.15, -0.1) is 0 Å². The van der Waals surface area contributed by atoms with Gasteiger partial charge in [0.15, 0.2) is 0 Å². The monoisotopic (exact) mass is 790 g/mol. The highest BCUT2D eigenvalue weighted by Crippen LogP contribution is 2.20. The topological polar surface area (TPSA) is 69.7 Å². The minimum Gasteiger partial charge on any atom is -0.462 e. The second-order valence-electron chi connectivity index (χ2n) is 17.5. The van der Waals surface area contributed by atoms with Crippen LogP contribution in [0.4, 0.5) is 0 Å². The SMILES string of the molecule is CCCCCCCCCCCCCCCC(=O)OC[C@@H](C[C@@H]([C]=O)CCCCCCCCCCCCCC)OC(=O)CCCCCCCCCCCCCCC. The molecule has 0 amide bonds.